The van der Waals surface area contributed by atoms with Gasteiger partial charge in [0.25, 0.3) is 5.91 Å². The summed E-state index contributed by atoms with van der Waals surface area (Å²) >= 11 is 0. The Morgan fingerprint density at radius 1 is 1.52 bits per heavy atom. The van der Waals surface area contributed by atoms with Crippen LogP contribution in [-0.4, -0.2) is 36.6 Å². The molecule has 1 aliphatic heterocycles. The van der Waals surface area contributed by atoms with Gasteiger partial charge in [-0.1, -0.05) is 12.1 Å². The number of hydrogen-bond acceptors (Lipinski definition) is 4. The smallest absolute Gasteiger partial charge is 0.260 e. The molecule has 0 fully saturated rings. The summed E-state index contributed by atoms with van der Waals surface area (Å²) < 4.78 is 11.5. The molecule has 5 heteroatoms. The van der Waals surface area contributed by atoms with Crippen LogP contribution in [-0.2, 0) is 11.2 Å². The van der Waals surface area contributed by atoms with Crippen molar-refractivity contribution in [3.8, 4) is 17.6 Å². The van der Waals surface area contributed by atoms with E-state index in [-0.39, 0.29) is 18.1 Å². The number of nitrogens with zero attached hydrogens (tertiary/aromatic N) is 2. The summed E-state index contributed by atoms with van der Waals surface area (Å²) in [5, 5.41) is 8.52. The van der Waals surface area contributed by atoms with Gasteiger partial charge in [0.05, 0.1) is 12.5 Å². The lowest BCUT2D eigenvalue weighted by Gasteiger charge is -2.19. The van der Waals surface area contributed by atoms with E-state index in [4.69, 9.17) is 14.7 Å². The fraction of sp³-hybridized carbons (Fsp3) is 0.500. The molecule has 0 aromatic heterocycles. The Morgan fingerprint density at radius 2 is 2.29 bits per heavy atom. The van der Waals surface area contributed by atoms with Crippen LogP contribution in [0.1, 0.15) is 25.8 Å². The number of para-hydroxylation sites is 1. The van der Waals surface area contributed by atoms with E-state index in [0.717, 1.165) is 17.7 Å². The Balaban J connectivity index is 1.98. The van der Waals surface area contributed by atoms with Crippen molar-refractivity contribution in [2.75, 3.05) is 20.2 Å². The highest BCUT2D eigenvalue weighted by Crippen LogP contribution is 2.41. The molecule has 112 valence electrons. The molecule has 0 bridgehead atoms. The summed E-state index contributed by atoms with van der Waals surface area (Å²) in [6, 6.07) is 7.74. The number of benzene rings is 1. The van der Waals surface area contributed by atoms with Crippen LogP contribution in [0, 0.1) is 11.3 Å². The van der Waals surface area contributed by atoms with E-state index in [1.165, 1.54) is 4.90 Å². The number of fused-ring (bicyclic) bond motifs is 1. The average Bonchev–Trinajstić information content (AvgIpc) is 2.76. The Bertz CT molecular complexity index is 575. The van der Waals surface area contributed by atoms with Crippen molar-refractivity contribution >= 4 is 5.91 Å². The van der Waals surface area contributed by atoms with Crippen LogP contribution in [0.2, 0.25) is 0 Å². The van der Waals surface area contributed by atoms with Crippen molar-refractivity contribution in [2.24, 2.45) is 0 Å². The molecule has 2 rings (SSSR count). The van der Waals surface area contributed by atoms with Crippen molar-refractivity contribution in [1.29, 1.82) is 5.26 Å². The summed E-state index contributed by atoms with van der Waals surface area (Å²) in [6.45, 7) is 4.41. The third-order valence-electron chi connectivity index (χ3n) is 3.39. The van der Waals surface area contributed by atoms with Gasteiger partial charge in [0, 0.05) is 25.6 Å². The Morgan fingerprint density at radius 3 is 3.00 bits per heavy atom. The van der Waals surface area contributed by atoms with Crippen LogP contribution in [0.5, 0.6) is 11.5 Å². The number of likely N-dealkylation sites (N-methyl/N-ethyl adjacent to an activating group) is 1. The zero-order chi connectivity index (χ0) is 15.5. The lowest BCUT2D eigenvalue weighted by molar-refractivity contribution is -0.132. The van der Waals surface area contributed by atoms with Crippen LogP contribution in [0.25, 0.3) is 0 Å². The first-order chi connectivity index (χ1) is 9.93. The minimum atomic E-state index is -0.241. The van der Waals surface area contributed by atoms with Gasteiger partial charge in [-0.2, -0.15) is 5.26 Å². The number of carbonyl (C=O) groups excluding carboxylic acids is 1. The Kier molecular flexibility index (Phi) is 4.37. The molecule has 0 aliphatic carbocycles. The van der Waals surface area contributed by atoms with E-state index in [0.29, 0.717) is 18.7 Å². The van der Waals surface area contributed by atoms with Crippen molar-refractivity contribution in [3.63, 3.8) is 0 Å². The average molecular weight is 288 g/mol. The molecule has 1 aromatic carbocycles. The molecule has 0 saturated heterocycles. The molecule has 1 aliphatic rings. The normalized spacial score (nSPS) is 14.8. The van der Waals surface area contributed by atoms with Crippen LogP contribution < -0.4 is 9.47 Å². The third-order valence-corrected chi connectivity index (χ3v) is 3.39. The van der Waals surface area contributed by atoms with E-state index in [9.17, 15) is 4.79 Å². The van der Waals surface area contributed by atoms with E-state index in [1.807, 2.05) is 38.1 Å². The topological polar surface area (TPSA) is 62.6 Å². The standard InChI is InChI=1S/C16H20N2O3/c1-16(2)10-12-6-4-7-13(15(12)21-16)20-11-14(19)18(3)9-5-8-17/h4,6-7H,5,9-11H2,1-3H3. The molecule has 0 unspecified atom stereocenters. The van der Waals surface area contributed by atoms with Gasteiger partial charge in [0.1, 0.15) is 5.60 Å². The summed E-state index contributed by atoms with van der Waals surface area (Å²) in [5.41, 5.74) is 0.859. The summed E-state index contributed by atoms with van der Waals surface area (Å²) in [7, 11) is 1.66. The van der Waals surface area contributed by atoms with Crippen molar-refractivity contribution in [2.45, 2.75) is 32.3 Å². The quantitative estimate of drug-likeness (QED) is 0.833. The molecule has 0 radical (unpaired) electrons. The van der Waals surface area contributed by atoms with Crippen molar-refractivity contribution in [3.05, 3.63) is 23.8 Å². The highest BCUT2D eigenvalue weighted by Gasteiger charge is 2.32. The zero-order valence-electron chi connectivity index (χ0n) is 12.7. The maximum absolute atomic E-state index is 11.9. The fourth-order valence-electron chi connectivity index (χ4n) is 2.29. The first-order valence-electron chi connectivity index (χ1n) is 6.97. The zero-order valence-corrected chi connectivity index (χ0v) is 12.7. The predicted octanol–water partition coefficient (Wildman–Crippen LogP) is 2.15. The molecular formula is C16H20N2O3. The molecule has 21 heavy (non-hydrogen) atoms. The maximum Gasteiger partial charge on any atom is 0.260 e. The van der Waals surface area contributed by atoms with Gasteiger partial charge < -0.3 is 14.4 Å². The lowest BCUT2D eigenvalue weighted by Crippen LogP contribution is -2.32. The van der Waals surface area contributed by atoms with Gasteiger partial charge in [-0.3, -0.25) is 4.79 Å². The molecule has 1 aromatic rings. The van der Waals surface area contributed by atoms with Gasteiger partial charge >= 0.3 is 0 Å². The van der Waals surface area contributed by atoms with Crippen molar-refractivity contribution in [1.82, 2.24) is 4.90 Å². The molecule has 5 nitrogen and oxygen atoms in total. The minimum Gasteiger partial charge on any atom is -0.483 e. The lowest BCUT2D eigenvalue weighted by atomic mass is 10.0. The van der Waals surface area contributed by atoms with Crippen molar-refractivity contribution < 1.29 is 14.3 Å². The number of hydrogen-bond donors (Lipinski definition) is 0. The highest BCUT2D eigenvalue weighted by atomic mass is 16.5. The largest absolute Gasteiger partial charge is 0.483 e. The second kappa shape index (κ2) is 6.04. The number of nitriles is 1. The Labute approximate surface area is 125 Å². The number of rotatable bonds is 5. The number of amides is 1. The first kappa shape index (κ1) is 15.2. The second-order valence-electron chi connectivity index (χ2n) is 5.80. The van der Waals surface area contributed by atoms with E-state index >= 15 is 0 Å². The highest BCUT2D eigenvalue weighted by molar-refractivity contribution is 5.77. The van der Waals surface area contributed by atoms with Gasteiger partial charge in [-0.05, 0) is 19.9 Å². The van der Waals surface area contributed by atoms with Crippen LogP contribution >= 0.6 is 0 Å². The molecule has 0 N–H and O–H groups in total. The molecular weight excluding hydrogens is 268 g/mol. The first-order valence-corrected chi connectivity index (χ1v) is 6.97. The van der Waals surface area contributed by atoms with E-state index in [1.54, 1.807) is 7.05 Å². The molecule has 1 amide bonds. The predicted molar refractivity (Wildman–Crippen MR) is 78.2 cm³/mol. The maximum atomic E-state index is 11.9. The molecule has 0 saturated carbocycles. The number of carbonyl (C=O) groups is 1. The monoisotopic (exact) mass is 288 g/mol. The van der Waals surface area contributed by atoms with Gasteiger partial charge in [-0.15, -0.1) is 0 Å². The van der Waals surface area contributed by atoms with Crippen LogP contribution in [0.15, 0.2) is 18.2 Å². The number of ether oxygens (including phenoxy) is 2. The summed E-state index contributed by atoms with van der Waals surface area (Å²) in [5.74, 6) is 1.18. The second-order valence-corrected chi connectivity index (χ2v) is 5.80. The van der Waals surface area contributed by atoms with Gasteiger partial charge in [-0.25, -0.2) is 0 Å². The van der Waals surface area contributed by atoms with Gasteiger partial charge in [0.15, 0.2) is 18.1 Å². The molecule has 0 spiro atoms. The van der Waals surface area contributed by atoms with E-state index < -0.39 is 0 Å². The molecule has 1 heterocycles. The van der Waals surface area contributed by atoms with Crippen LogP contribution in [0.3, 0.4) is 0 Å². The third kappa shape index (κ3) is 3.66. The summed E-state index contributed by atoms with van der Waals surface area (Å²) in [6.07, 6.45) is 1.15. The summed E-state index contributed by atoms with van der Waals surface area (Å²) in [4.78, 5) is 13.4. The SMILES string of the molecule is CN(CCC#N)C(=O)COc1cccc2c1OC(C)(C)C2. The molecule has 0 atom stereocenters. The van der Waals surface area contributed by atoms with Gasteiger partial charge in [0.2, 0.25) is 0 Å². The Hall–Kier alpha value is -2.22. The van der Waals surface area contributed by atoms with E-state index in [2.05, 4.69) is 0 Å². The van der Waals surface area contributed by atoms with Crippen LogP contribution in [0.4, 0.5) is 0 Å². The fourth-order valence-corrected chi connectivity index (χ4v) is 2.29. The minimum absolute atomic E-state index is 0.0534.